The number of amides is 1. The normalized spacial score (nSPS) is 10.5. The molecule has 0 atom stereocenters. The predicted molar refractivity (Wildman–Crippen MR) is 69.4 cm³/mol. The third-order valence-electron chi connectivity index (χ3n) is 2.03. The molecule has 1 N–H and O–H groups in total. The van der Waals surface area contributed by atoms with Gasteiger partial charge in [-0.05, 0) is 31.5 Å². The number of rotatable bonds is 6. The third-order valence-corrected chi connectivity index (χ3v) is 2.27. The van der Waals surface area contributed by atoms with Crippen molar-refractivity contribution >= 4 is 17.5 Å². The summed E-state index contributed by atoms with van der Waals surface area (Å²) in [6.45, 7) is 2.59. The summed E-state index contributed by atoms with van der Waals surface area (Å²) in [5, 5.41) is 3.35. The van der Waals surface area contributed by atoms with E-state index in [9.17, 15) is 4.79 Å². The van der Waals surface area contributed by atoms with Gasteiger partial charge in [0.05, 0.1) is 0 Å². The molecule has 1 rings (SSSR count). The number of carbonyl (C=O) groups is 1. The highest BCUT2D eigenvalue weighted by atomic mass is 35.5. The van der Waals surface area contributed by atoms with E-state index in [0.717, 1.165) is 6.42 Å². The molecule has 0 aliphatic carbocycles. The number of benzene rings is 1. The fourth-order valence-electron chi connectivity index (χ4n) is 1.22. The molecule has 0 aromatic heterocycles. The van der Waals surface area contributed by atoms with Crippen LogP contribution in [0.1, 0.15) is 13.3 Å². The second-order valence-electron chi connectivity index (χ2n) is 3.45. The van der Waals surface area contributed by atoms with Gasteiger partial charge in [0.2, 0.25) is 0 Å². The number of hydrogen-bond acceptors (Lipinski definition) is 2. The van der Waals surface area contributed by atoms with Crippen molar-refractivity contribution in [3.8, 4) is 5.75 Å². The fourth-order valence-corrected chi connectivity index (χ4v) is 1.40. The number of allylic oxidation sites excluding steroid dienone is 1. The molecule has 0 unspecified atom stereocenters. The van der Waals surface area contributed by atoms with Crippen LogP contribution in [0, 0.1) is 0 Å². The van der Waals surface area contributed by atoms with Gasteiger partial charge in [-0.2, -0.15) is 0 Å². The minimum atomic E-state index is -0.130. The van der Waals surface area contributed by atoms with Gasteiger partial charge in [0.25, 0.3) is 5.91 Å². The SMILES string of the molecule is C/C=C/CCNC(=O)COc1cccc(Cl)c1. The number of carbonyl (C=O) groups excluding carboxylic acids is 1. The molecule has 4 heteroatoms. The molecule has 0 spiro atoms. The lowest BCUT2D eigenvalue weighted by Crippen LogP contribution is -2.29. The van der Waals surface area contributed by atoms with Crippen LogP contribution >= 0.6 is 11.6 Å². The Morgan fingerprint density at radius 2 is 2.35 bits per heavy atom. The number of nitrogens with one attached hydrogen (secondary N) is 1. The fraction of sp³-hybridized carbons (Fsp3) is 0.308. The Morgan fingerprint density at radius 1 is 1.53 bits per heavy atom. The van der Waals surface area contributed by atoms with Crippen molar-refractivity contribution in [2.45, 2.75) is 13.3 Å². The Bertz CT molecular complexity index is 391. The Morgan fingerprint density at radius 3 is 3.06 bits per heavy atom. The van der Waals surface area contributed by atoms with Crippen LogP contribution < -0.4 is 10.1 Å². The smallest absolute Gasteiger partial charge is 0.257 e. The van der Waals surface area contributed by atoms with Crippen molar-refractivity contribution in [2.24, 2.45) is 0 Å². The molecule has 3 nitrogen and oxygen atoms in total. The highest BCUT2D eigenvalue weighted by Gasteiger charge is 2.01. The quantitative estimate of drug-likeness (QED) is 0.625. The Balaban J connectivity index is 2.24. The van der Waals surface area contributed by atoms with E-state index in [1.807, 2.05) is 19.1 Å². The first-order valence-corrected chi connectivity index (χ1v) is 5.86. The highest BCUT2D eigenvalue weighted by Crippen LogP contribution is 2.16. The summed E-state index contributed by atoms with van der Waals surface area (Å²) in [6, 6.07) is 6.97. The van der Waals surface area contributed by atoms with Crippen LogP contribution in [-0.4, -0.2) is 19.1 Å². The molecular formula is C13H16ClNO2. The van der Waals surface area contributed by atoms with Crippen LogP contribution in [0.25, 0.3) is 0 Å². The van der Waals surface area contributed by atoms with Crippen molar-refractivity contribution in [1.29, 1.82) is 0 Å². The van der Waals surface area contributed by atoms with Crippen LogP contribution in [0.15, 0.2) is 36.4 Å². The molecule has 92 valence electrons. The second kappa shape index (κ2) is 7.74. The van der Waals surface area contributed by atoms with Gasteiger partial charge < -0.3 is 10.1 Å². The molecule has 1 aromatic rings. The van der Waals surface area contributed by atoms with Gasteiger partial charge in [-0.3, -0.25) is 4.79 Å². The van der Waals surface area contributed by atoms with Gasteiger partial charge in [-0.25, -0.2) is 0 Å². The number of hydrogen-bond donors (Lipinski definition) is 1. The van der Waals surface area contributed by atoms with Crippen molar-refractivity contribution in [3.63, 3.8) is 0 Å². The molecule has 0 bridgehead atoms. The van der Waals surface area contributed by atoms with Gasteiger partial charge in [0, 0.05) is 11.6 Å². The predicted octanol–water partition coefficient (Wildman–Crippen LogP) is 2.80. The molecule has 0 radical (unpaired) electrons. The third kappa shape index (κ3) is 5.97. The van der Waals surface area contributed by atoms with E-state index in [1.165, 1.54) is 0 Å². The zero-order valence-electron chi connectivity index (χ0n) is 9.78. The minimum absolute atomic E-state index is 0.0101. The first-order chi connectivity index (χ1) is 8.22. The zero-order valence-corrected chi connectivity index (χ0v) is 10.5. The summed E-state index contributed by atoms with van der Waals surface area (Å²) in [4.78, 5) is 11.4. The average Bonchev–Trinajstić information content (AvgIpc) is 2.32. The van der Waals surface area contributed by atoms with E-state index in [-0.39, 0.29) is 12.5 Å². The first kappa shape index (κ1) is 13.6. The lowest BCUT2D eigenvalue weighted by molar-refractivity contribution is -0.123. The van der Waals surface area contributed by atoms with E-state index in [2.05, 4.69) is 5.32 Å². The van der Waals surface area contributed by atoms with Gasteiger partial charge in [-0.1, -0.05) is 29.8 Å². The lowest BCUT2D eigenvalue weighted by Gasteiger charge is -2.06. The first-order valence-electron chi connectivity index (χ1n) is 5.48. The zero-order chi connectivity index (χ0) is 12.5. The van der Waals surface area contributed by atoms with Crippen LogP contribution in [-0.2, 0) is 4.79 Å². The molecule has 0 aliphatic heterocycles. The Labute approximate surface area is 106 Å². The van der Waals surface area contributed by atoms with Crippen LogP contribution in [0.4, 0.5) is 0 Å². The summed E-state index contributed by atoms with van der Waals surface area (Å²) < 4.78 is 5.29. The number of ether oxygens (including phenoxy) is 1. The summed E-state index contributed by atoms with van der Waals surface area (Å²) in [6.07, 6.45) is 4.78. The molecule has 0 saturated carbocycles. The molecule has 0 aliphatic rings. The van der Waals surface area contributed by atoms with Crippen molar-refractivity contribution in [3.05, 3.63) is 41.4 Å². The van der Waals surface area contributed by atoms with Crippen molar-refractivity contribution in [2.75, 3.05) is 13.2 Å². The average molecular weight is 254 g/mol. The maximum atomic E-state index is 11.4. The lowest BCUT2D eigenvalue weighted by atomic mass is 10.3. The molecule has 17 heavy (non-hydrogen) atoms. The standard InChI is InChI=1S/C13H16ClNO2/c1-2-3-4-8-15-13(16)10-17-12-7-5-6-11(14)9-12/h2-3,5-7,9H,4,8,10H2,1H3,(H,15,16)/b3-2+. The number of halogens is 1. The van der Waals surface area contributed by atoms with Gasteiger partial charge in [-0.15, -0.1) is 0 Å². The summed E-state index contributed by atoms with van der Waals surface area (Å²) in [5.41, 5.74) is 0. The van der Waals surface area contributed by atoms with Gasteiger partial charge in [0.15, 0.2) is 6.61 Å². The monoisotopic (exact) mass is 253 g/mol. The van der Waals surface area contributed by atoms with E-state index in [1.54, 1.807) is 24.3 Å². The molecule has 0 fully saturated rings. The highest BCUT2D eigenvalue weighted by molar-refractivity contribution is 6.30. The molecule has 0 saturated heterocycles. The topological polar surface area (TPSA) is 38.3 Å². The summed E-state index contributed by atoms with van der Waals surface area (Å²) >= 11 is 5.79. The van der Waals surface area contributed by atoms with E-state index < -0.39 is 0 Å². The van der Waals surface area contributed by atoms with E-state index in [4.69, 9.17) is 16.3 Å². The van der Waals surface area contributed by atoms with Crippen molar-refractivity contribution < 1.29 is 9.53 Å². The summed E-state index contributed by atoms with van der Waals surface area (Å²) in [7, 11) is 0. The van der Waals surface area contributed by atoms with Gasteiger partial charge >= 0.3 is 0 Å². The second-order valence-corrected chi connectivity index (χ2v) is 3.89. The van der Waals surface area contributed by atoms with Crippen LogP contribution in [0.2, 0.25) is 5.02 Å². The van der Waals surface area contributed by atoms with Crippen molar-refractivity contribution in [1.82, 2.24) is 5.32 Å². The maximum Gasteiger partial charge on any atom is 0.257 e. The summed E-state index contributed by atoms with van der Waals surface area (Å²) in [5.74, 6) is 0.468. The van der Waals surface area contributed by atoms with Crippen LogP contribution in [0.3, 0.4) is 0 Å². The molecule has 1 aromatic carbocycles. The van der Waals surface area contributed by atoms with E-state index in [0.29, 0.717) is 17.3 Å². The molecular weight excluding hydrogens is 238 g/mol. The van der Waals surface area contributed by atoms with Crippen LogP contribution in [0.5, 0.6) is 5.75 Å². The van der Waals surface area contributed by atoms with Gasteiger partial charge in [0.1, 0.15) is 5.75 Å². The largest absolute Gasteiger partial charge is 0.484 e. The molecule has 0 heterocycles. The Hall–Kier alpha value is -1.48. The minimum Gasteiger partial charge on any atom is -0.484 e. The van der Waals surface area contributed by atoms with E-state index >= 15 is 0 Å². The molecule has 1 amide bonds. The maximum absolute atomic E-state index is 11.4. The Kier molecular flexibility index (Phi) is 6.18.